The molecule has 0 N–H and O–H groups in total. The molecule has 2 aromatic carbocycles. The summed E-state index contributed by atoms with van der Waals surface area (Å²) in [5.41, 5.74) is 3.15. The van der Waals surface area contributed by atoms with E-state index in [4.69, 9.17) is 0 Å². The molecule has 0 aliphatic heterocycles. The van der Waals surface area contributed by atoms with Gasteiger partial charge in [-0.1, -0.05) is 48.5 Å². The number of nitrogens with zero attached hydrogens (tertiary/aromatic N) is 2. The predicted octanol–water partition coefficient (Wildman–Crippen LogP) is 3.34. The third-order valence-corrected chi connectivity index (χ3v) is 2.63. The van der Waals surface area contributed by atoms with Gasteiger partial charge in [0.05, 0.1) is 17.6 Å². The Hall–Kier alpha value is -2.35. The summed E-state index contributed by atoms with van der Waals surface area (Å²) in [4.78, 5) is 0. The van der Waals surface area contributed by atoms with Gasteiger partial charge in [0, 0.05) is 11.6 Å². The van der Waals surface area contributed by atoms with Crippen LogP contribution in [0.15, 0.2) is 66.9 Å². The van der Waals surface area contributed by atoms with Crippen LogP contribution in [0.1, 0.15) is 0 Å². The van der Waals surface area contributed by atoms with Gasteiger partial charge in [-0.15, -0.1) is 0 Å². The molecule has 0 fully saturated rings. The van der Waals surface area contributed by atoms with Gasteiger partial charge < -0.3 is 0 Å². The quantitative estimate of drug-likeness (QED) is 0.646. The molecule has 0 atom stereocenters. The van der Waals surface area contributed by atoms with Gasteiger partial charge in [-0.25, -0.2) is 4.68 Å². The van der Waals surface area contributed by atoms with Crippen LogP contribution in [0.3, 0.4) is 0 Å². The van der Waals surface area contributed by atoms with Crippen LogP contribution in [0, 0.1) is 6.07 Å². The zero-order chi connectivity index (χ0) is 11.5. The van der Waals surface area contributed by atoms with Crippen LogP contribution in [0.5, 0.6) is 0 Å². The first kappa shape index (κ1) is 9.85. The van der Waals surface area contributed by atoms with E-state index in [1.807, 2.05) is 53.2 Å². The van der Waals surface area contributed by atoms with Crippen molar-refractivity contribution in [1.82, 2.24) is 9.78 Å². The third kappa shape index (κ3) is 1.85. The molecule has 3 rings (SSSR count). The Bertz CT molecular complexity index is 543. The number of hydrogen-bond donors (Lipinski definition) is 0. The van der Waals surface area contributed by atoms with Crippen LogP contribution in [0.4, 0.5) is 0 Å². The topological polar surface area (TPSA) is 17.8 Å². The molecular formula is C15H11N2. The summed E-state index contributed by atoms with van der Waals surface area (Å²) < 4.78 is 1.90. The van der Waals surface area contributed by atoms with Gasteiger partial charge >= 0.3 is 0 Å². The van der Waals surface area contributed by atoms with E-state index in [-0.39, 0.29) is 0 Å². The van der Waals surface area contributed by atoms with E-state index in [9.17, 15) is 0 Å². The average molecular weight is 219 g/mol. The molecular weight excluding hydrogens is 208 g/mol. The van der Waals surface area contributed by atoms with Crippen molar-refractivity contribution in [3.8, 4) is 16.9 Å². The number of aromatic nitrogens is 2. The first-order valence-electron chi connectivity index (χ1n) is 5.52. The maximum atomic E-state index is 4.32. The molecule has 2 heteroatoms. The summed E-state index contributed by atoms with van der Waals surface area (Å²) in [5.74, 6) is 0. The lowest BCUT2D eigenvalue weighted by atomic mass is 10.1. The highest BCUT2D eigenvalue weighted by Gasteiger charge is 2.06. The normalized spacial score (nSPS) is 10.4. The van der Waals surface area contributed by atoms with Crippen molar-refractivity contribution in [1.29, 1.82) is 0 Å². The fourth-order valence-corrected chi connectivity index (χ4v) is 1.83. The fourth-order valence-electron chi connectivity index (χ4n) is 1.83. The molecule has 0 saturated heterocycles. The van der Waals surface area contributed by atoms with Crippen molar-refractivity contribution in [3.05, 3.63) is 72.9 Å². The minimum atomic E-state index is 0.983. The monoisotopic (exact) mass is 219 g/mol. The number of benzene rings is 2. The first-order chi connectivity index (χ1) is 8.45. The van der Waals surface area contributed by atoms with Crippen molar-refractivity contribution in [2.45, 2.75) is 0 Å². The highest BCUT2D eigenvalue weighted by atomic mass is 15.3. The molecule has 3 aromatic rings. The molecule has 2 nitrogen and oxygen atoms in total. The molecule has 0 bridgehead atoms. The van der Waals surface area contributed by atoms with E-state index in [2.05, 4.69) is 23.3 Å². The molecule has 1 aromatic heterocycles. The molecule has 0 unspecified atom stereocenters. The van der Waals surface area contributed by atoms with Crippen molar-refractivity contribution in [2.75, 3.05) is 0 Å². The molecule has 0 spiro atoms. The summed E-state index contributed by atoms with van der Waals surface area (Å²) in [7, 11) is 0. The minimum absolute atomic E-state index is 0.983. The van der Waals surface area contributed by atoms with E-state index in [0.717, 1.165) is 16.9 Å². The smallest absolute Gasteiger partial charge is 0.0820 e. The van der Waals surface area contributed by atoms with Crippen LogP contribution < -0.4 is 0 Å². The fraction of sp³-hybridized carbons (Fsp3) is 0. The number of para-hydroxylation sites is 1. The number of rotatable bonds is 2. The van der Waals surface area contributed by atoms with Crippen LogP contribution in [-0.4, -0.2) is 9.78 Å². The Kier molecular flexibility index (Phi) is 2.47. The molecule has 0 aliphatic rings. The Morgan fingerprint density at radius 2 is 1.47 bits per heavy atom. The van der Waals surface area contributed by atoms with Gasteiger partial charge in [0.15, 0.2) is 0 Å². The Morgan fingerprint density at radius 3 is 2.18 bits per heavy atom. The highest BCUT2D eigenvalue weighted by Crippen LogP contribution is 2.20. The van der Waals surface area contributed by atoms with Crippen molar-refractivity contribution >= 4 is 0 Å². The van der Waals surface area contributed by atoms with Gasteiger partial charge in [0.25, 0.3) is 0 Å². The Labute approximate surface area is 100 Å². The standard InChI is InChI=1S/C15H11N2/c1-3-7-13(8-4-1)15-11-12-16-17(15)14-9-5-2-6-10-14/h1-10,12H. The second-order valence-corrected chi connectivity index (χ2v) is 3.75. The first-order valence-corrected chi connectivity index (χ1v) is 5.52. The summed E-state index contributed by atoms with van der Waals surface area (Å²) in [6, 6.07) is 23.4. The summed E-state index contributed by atoms with van der Waals surface area (Å²) in [6.45, 7) is 0. The van der Waals surface area contributed by atoms with Crippen molar-refractivity contribution < 1.29 is 0 Å². The second-order valence-electron chi connectivity index (χ2n) is 3.75. The zero-order valence-electron chi connectivity index (χ0n) is 9.25. The predicted molar refractivity (Wildman–Crippen MR) is 67.8 cm³/mol. The van der Waals surface area contributed by atoms with Gasteiger partial charge in [0.2, 0.25) is 0 Å². The highest BCUT2D eigenvalue weighted by molar-refractivity contribution is 5.60. The lowest BCUT2D eigenvalue weighted by molar-refractivity contribution is 0.888. The second kappa shape index (κ2) is 4.26. The largest absolute Gasteiger partial charge is 0.232 e. The number of hydrogen-bond acceptors (Lipinski definition) is 1. The molecule has 1 heterocycles. The van der Waals surface area contributed by atoms with E-state index >= 15 is 0 Å². The van der Waals surface area contributed by atoms with E-state index in [0.29, 0.717) is 0 Å². The van der Waals surface area contributed by atoms with Crippen LogP contribution >= 0.6 is 0 Å². The lowest BCUT2D eigenvalue weighted by Gasteiger charge is -2.06. The lowest BCUT2D eigenvalue weighted by Crippen LogP contribution is -1.98. The summed E-state index contributed by atoms with van der Waals surface area (Å²) >= 11 is 0. The molecule has 81 valence electrons. The molecule has 17 heavy (non-hydrogen) atoms. The third-order valence-electron chi connectivity index (χ3n) is 2.63. The SMILES string of the molecule is [c]1cnn(-c2ccccc2)c1-c1ccccc1. The van der Waals surface area contributed by atoms with Gasteiger partial charge in [-0.05, 0) is 12.1 Å². The Morgan fingerprint density at radius 1 is 0.824 bits per heavy atom. The average Bonchev–Trinajstić information content (AvgIpc) is 2.90. The molecule has 0 amide bonds. The zero-order valence-corrected chi connectivity index (χ0v) is 9.25. The van der Waals surface area contributed by atoms with Gasteiger partial charge in [-0.3, -0.25) is 0 Å². The van der Waals surface area contributed by atoms with E-state index < -0.39 is 0 Å². The Balaban J connectivity index is 2.13. The maximum Gasteiger partial charge on any atom is 0.0820 e. The van der Waals surface area contributed by atoms with Crippen LogP contribution in [-0.2, 0) is 0 Å². The van der Waals surface area contributed by atoms with Crippen molar-refractivity contribution in [2.24, 2.45) is 0 Å². The summed E-state index contributed by atoms with van der Waals surface area (Å²) in [6.07, 6.45) is 1.70. The molecule has 0 aliphatic carbocycles. The maximum absolute atomic E-state index is 4.32. The summed E-state index contributed by atoms with van der Waals surface area (Å²) in [5, 5.41) is 4.32. The van der Waals surface area contributed by atoms with Gasteiger partial charge in [0.1, 0.15) is 0 Å². The minimum Gasteiger partial charge on any atom is -0.232 e. The van der Waals surface area contributed by atoms with E-state index in [1.165, 1.54) is 0 Å². The van der Waals surface area contributed by atoms with Gasteiger partial charge in [-0.2, -0.15) is 5.10 Å². The molecule has 1 radical (unpaired) electrons. The van der Waals surface area contributed by atoms with Crippen molar-refractivity contribution in [3.63, 3.8) is 0 Å². The van der Waals surface area contributed by atoms with Crippen LogP contribution in [0.25, 0.3) is 16.9 Å². The molecule has 0 saturated carbocycles. The van der Waals surface area contributed by atoms with E-state index in [1.54, 1.807) is 6.20 Å². The van der Waals surface area contributed by atoms with Crippen LogP contribution in [0.2, 0.25) is 0 Å².